The maximum atomic E-state index is 11.2. The molecule has 2 rings (SSSR count). The van der Waals surface area contributed by atoms with Crippen LogP contribution >= 0.6 is 11.8 Å². The van der Waals surface area contributed by atoms with E-state index in [4.69, 9.17) is 0 Å². The predicted molar refractivity (Wildman–Crippen MR) is 85.4 cm³/mol. The summed E-state index contributed by atoms with van der Waals surface area (Å²) in [6.45, 7) is 2.81. The Morgan fingerprint density at radius 3 is 2.52 bits per heavy atom. The average molecular weight is 325 g/mol. The highest BCUT2D eigenvalue weighted by molar-refractivity contribution is 8.00. The molecule has 2 aromatic rings. The van der Waals surface area contributed by atoms with Gasteiger partial charge in [-0.25, -0.2) is 8.42 Å². The first-order valence-corrected chi connectivity index (χ1v) is 9.80. The molecule has 1 aromatic carbocycles. The van der Waals surface area contributed by atoms with Crippen LogP contribution in [-0.4, -0.2) is 40.9 Å². The van der Waals surface area contributed by atoms with E-state index in [9.17, 15) is 8.42 Å². The van der Waals surface area contributed by atoms with E-state index in [1.807, 2.05) is 29.7 Å². The minimum absolute atomic E-state index is 0.155. The van der Waals surface area contributed by atoms with Gasteiger partial charge in [-0.05, 0) is 12.5 Å². The van der Waals surface area contributed by atoms with Crippen LogP contribution in [-0.2, 0) is 22.8 Å². The number of sulfone groups is 1. The van der Waals surface area contributed by atoms with E-state index in [-0.39, 0.29) is 5.75 Å². The van der Waals surface area contributed by atoms with Gasteiger partial charge in [0.1, 0.15) is 15.7 Å². The van der Waals surface area contributed by atoms with Gasteiger partial charge < -0.3 is 4.57 Å². The van der Waals surface area contributed by atoms with E-state index in [1.54, 1.807) is 0 Å². The molecule has 0 aliphatic heterocycles. The first-order valence-electron chi connectivity index (χ1n) is 6.76. The van der Waals surface area contributed by atoms with Crippen molar-refractivity contribution in [1.29, 1.82) is 0 Å². The SMILES string of the molecule is CCn1c(Cc2ccccc2)nnc1SCCS(C)(=O)=O. The van der Waals surface area contributed by atoms with Gasteiger partial charge >= 0.3 is 0 Å². The Labute approximate surface area is 129 Å². The summed E-state index contributed by atoms with van der Waals surface area (Å²) in [4.78, 5) is 0. The molecule has 0 aliphatic rings. The zero-order chi connectivity index (χ0) is 15.3. The smallest absolute Gasteiger partial charge is 0.191 e. The Morgan fingerprint density at radius 1 is 1.19 bits per heavy atom. The fourth-order valence-electron chi connectivity index (χ4n) is 1.94. The van der Waals surface area contributed by atoms with Gasteiger partial charge in [-0.3, -0.25) is 0 Å². The van der Waals surface area contributed by atoms with Gasteiger partial charge in [0.25, 0.3) is 0 Å². The molecule has 0 saturated carbocycles. The number of aromatic nitrogens is 3. The summed E-state index contributed by atoms with van der Waals surface area (Å²) >= 11 is 1.44. The van der Waals surface area contributed by atoms with Crippen LogP contribution in [0.2, 0.25) is 0 Å². The number of rotatable bonds is 7. The van der Waals surface area contributed by atoms with E-state index < -0.39 is 9.84 Å². The van der Waals surface area contributed by atoms with E-state index in [1.165, 1.54) is 23.6 Å². The third-order valence-corrected chi connectivity index (χ3v) is 5.17. The standard InChI is InChI=1S/C14H19N3O2S2/c1-3-17-13(11-12-7-5-4-6-8-12)15-16-14(17)20-9-10-21(2,18)19/h4-8H,3,9-11H2,1-2H3. The Kier molecular flexibility index (Phi) is 5.41. The molecule has 0 amide bonds. The molecule has 0 atom stereocenters. The Balaban J connectivity index is 2.07. The molecule has 5 nitrogen and oxygen atoms in total. The lowest BCUT2D eigenvalue weighted by atomic mass is 10.1. The maximum Gasteiger partial charge on any atom is 0.191 e. The zero-order valence-corrected chi connectivity index (χ0v) is 13.8. The van der Waals surface area contributed by atoms with Crippen LogP contribution < -0.4 is 0 Å². The van der Waals surface area contributed by atoms with Crippen molar-refractivity contribution in [2.75, 3.05) is 17.8 Å². The van der Waals surface area contributed by atoms with Crippen LogP contribution in [0.3, 0.4) is 0 Å². The normalized spacial score (nSPS) is 11.7. The van der Waals surface area contributed by atoms with Gasteiger partial charge in [0.2, 0.25) is 0 Å². The molecule has 0 N–H and O–H groups in total. The lowest BCUT2D eigenvalue weighted by molar-refractivity contribution is 0.603. The number of benzene rings is 1. The number of nitrogens with zero attached hydrogens (tertiary/aromatic N) is 3. The fraction of sp³-hybridized carbons (Fsp3) is 0.429. The molecular formula is C14H19N3O2S2. The Bertz CT molecular complexity index is 681. The zero-order valence-electron chi connectivity index (χ0n) is 12.2. The highest BCUT2D eigenvalue weighted by Crippen LogP contribution is 2.19. The fourth-order valence-corrected chi connectivity index (χ4v) is 4.15. The topological polar surface area (TPSA) is 64.8 Å². The van der Waals surface area contributed by atoms with Gasteiger partial charge in [0.05, 0.1) is 5.75 Å². The monoisotopic (exact) mass is 325 g/mol. The molecule has 1 heterocycles. The molecule has 0 fully saturated rings. The predicted octanol–water partition coefficient (Wildman–Crippen LogP) is 2.03. The molecule has 114 valence electrons. The molecule has 0 spiro atoms. The van der Waals surface area contributed by atoms with Crippen LogP contribution in [0.5, 0.6) is 0 Å². The number of hydrogen-bond donors (Lipinski definition) is 0. The second-order valence-electron chi connectivity index (χ2n) is 4.78. The summed E-state index contributed by atoms with van der Waals surface area (Å²) < 4.78 is 24.4. The van der Waals surface area contributed by atoms with E-state index >= 15 is 0 Å². The summed E-state index contributed by atoms with van der Waals surface area (Å²) in [5.74, 6) is 1.57. The highest BCUT2D eigenvalue weighted by atomic mass is 32.2. The van der Waals surface area contributed by atoms with Crippen molar-refractivity contribution in [3.05, 3.63) is 41.7 Å². The lowest BCUT2D eigenvalue weighted by Crippen LogP contribution is -2.07. The van der Waals surface area contributed by atoms with Crippen molar-refractivity contribution in [2.45, 2.75) is 25.0 Å². The number of hydrogen-bond acceptors (Lipinski definition) is 5. The molecule has 0 saturated heterocycles. The van der Waals surface area contributed by atoms with Crippen LogP contribution in [0.4, 0.5) is 0 Å². The summed E-state index contributed by atoms with van der Waals surface area (Å²) in [7, 11) is -2.93. The summed E-state index contributed by atoms with van der Waals surface area (Å²) in [5, 5.41) is 9.21. The Hall–Kier alpha value is -1.34. The second-order valence-corrected chi connectivity index (χ2v) is 8.11. The third kappa shape index (κ3) is 4.86. The van der Waals surface area contributed by atoms with Gasteiger partial charge in [0.15, 0.2) is 5.16 Å². The van der Waals surface area contributed by atoms with E-state index in [2.05, 4.69) is 22.3 Å². The lowest BCUT2D eigenvalue weighted by Gasteiger charge is -2.07. The first-order chi connectivity index (χ1) is 9.99. The van der Waals surface area contributed by atoms with Crippen LogP contribution in [0, 0.1) is 0 Å². The van der Waals surface area contributed by atoms with Crippen molar-refractivity contribution < 1.29 is 8.42 Å². The van der Waals surface area contributed by atoms with Gasteiger partial charge in [-0.15, -0.1) is 10.2 Å². The van der Waals surface area contributed by atoms with Crippen molar-refractivity contribution in [2.24, 2.45) is 0 Å². The van der Waals surface area contributed by atoms with Gasteiger partial charge in [0, 0.05) is 25.0 Å². The minimum Gasteiger partial charge on any atom is -0.306 e. The third-order valence-electron chi connectivity index (χ3n) is 3.00. The minimum atomic E-state index is -2.93. The molecular weight excluding hydrogens is 306 g/mol. The van der Waals surface area contributed by atoms with Gasteiger partial charge in [-0.1, -0.05) is 42.1 Å². The summed E-state index contributed by atoms with van der Waals surface area (Å²) in [5.41, 5.74) is 1.19. The van der Waals surface area contributed by atoms with Crippen molar-refractivity contribution in [3.8, 4) is 0 Å². The van der Waals surface area contributed by atoms with Crippen molar-refractivity contribution >= 4 is 21.6 Å². The molecule has 0 aliphatic carbocycles. The highest BCUT2D eigenvalue weighted by Gasteiger charge is 2.12. The molecule has 0 bridgehead atoms. The second kappa shape index (κ2) is 7.09. The quantitative estimate of drug-likeness (QED) is 0.729. The van der Waals surface area contributed by atoms with E-state index in [0.29, 0.717) is 5.75 Å². The summed E-state index contributed by atoms with van der Waals surface area (Å²) in [6.07, 6.45) is 1.98. The molecule has 7 heteroatoms. The van der Waals surface area contributed by atoms with Crippen LogP contribution in [0.1, 0.15) is 18.3 Å². The maximum absolute atomic E-state index is 11.2. The molecule has 0 radical (unpaired) electrons. The van der Waals surface area contributed by atoms with E-state index in [0.717, 1.165) is 23.9 Å². The summed E-state index contributed by atoms with van der Waals surface area (Å²) in [6, 6.07) is 10.1. The average Bonchev–Trinajstić information content (AvgIpc) is 2.80. The Morgan fingerprint density at radius 2 is 1.90 bits per heavy atom. The molecule has 21 heavy (non-hydrogen) atoms. The number of thioether (sulfide) groups is 1. The first kappa shape index (κ1) is 16.0. The molecule has 1 aromatic heterocycles. The van der Waals surface area contributed by atoms with Crippen molar-refractivity contribution in [1.82, 2.24) is 14.8 Å². The van der Waals surface area contributed by atoms with Crippen LogP contribution in [0.25, 0.3) is 0 Å². The van der Waals surface area contributed by atoms with Gasteiger partial charge in [-0.2, -0.15) is 0 Å². The van der Waals surface area contributed by atoms with Crippen molar-refractivity contribution in [3.63, 3.8) is 0 Å². The molecule has 0 unspecified atom stereocenters. The van der Waals surface area contributed by atoms with Crippen LogP contribution in [0.15, 0.2) is 35.5 Å². The largest absolute Gasteiger partial charge is 0.306 e.